The van der Waals surface area contributed by atoms with E-state index in [1.54, 1.807) is 12.3 Å². The van der Waals surface area contributed by atoms with Crippen LogP contribution in [0.25, 0.3) is 0 Å². The number of nitrogens with zero attached hydrogens (tertiary/aromatic N) is 1. The van der Waals surface area contributed by atoms with Crippen LogP contribution in [0.5, 0.6) is 0 Å². The Kier molecular flexibility index (Phi) is 10.2. The molecule has 0 unspecified atom stereocenters. The molecule has 0 radical (unpaired) electrons. The van der Waals surface area contributed by atoms with E-state index < -0.39 is 0 Å². The second kappa shape index (κ2) is 12.0. The minimum Gasteiger partial charge on any atom is -0.466 e. The number of hydrogen-bond acceptors (Lipinski definition) is 7. The fourth-order valence-electron chi connectivity index (χ4n) is 1.59. The quantitative estimate of drug-likeness (QED) is 0.461. The number of hydrogen-bond donors (Lipinski definition) is 1. The predicted molar refractivity (Wildman–Crippen MR) is 87.6 cm³/mol. The highest BCUT2D eigenvalue weighted by molar-refractivity contribution is 7.13. The van der Waals surface area contributed by atoms with Gasteiger partial charge in [0.1, 0.15) is 6.61 Å². The largest absolute Gasteiger partial charge is 0.466 e. The van der Waals surface area contributed by atoms with Gasteiger partial charge in [-0.05, 0) is 13.3 Å². The fraction of sp³-hybridized carbons (Fsp3) is 0.667. The lowest BCUT2D eigenvalue weighted by atomic mass is 10.3. The maximum atomic E-state index is 11.7. The van der Waals surface area contributed by atoms with Gasteiger partial charge in [0.15, 0.2) is 5.13 Å². The number of aromatic nitrogens is 1. The van der Waals surface area contributed by atoms with Crippen molar-refractivity contribution in [2.24, 2.45) is 0 Å². The Bertz CT molecular complexity index is 478. The molecule has 0 aliphatic carbocycles. The number of carbonyl (C=O) groups is 2. The SMILES string of the molecule is CCCCOCCOCC(=O)Nc1nc(CC(=O)OCC)cs1. The standard InChI is InChI=1S/C15H24N2O5S/c1-3-5-6-20-7-8-21-10-13(18)17-15-16-12(11-23-15)9-14(19)22-4-2/h11H,3-10H2,1-2H3,(H,16,17,18). The van der Waals surface area contributed by atoms with Crippen LogP contribution < -0.4 is 5.32 Å². The van der Waals surface area contributed by atoms with Crippen LogP contribution in [-0.4, -0.2) is 49.9 Å². The van der Waals surface area contributed by atoms with E-state index in [0.29, 0.717) is 37.3 Å². The Morgan fingerprint density at radius 2 is 2.00 bits per heavy atom. The van der Waals surface area contributed by atoms with Gasteiger partial charge >= 0.3 is 5.97 Å². The summed E-state index contributed by atoms with van der Waals surface area (Å²) in [5.74, 6) is -0.613. The first-order chi connectivity index (χ1) is 11.2. The van der Waals surface area contributed by atoms with Gasteiger partial charge in [-0.15, -0.1) is 11.3 Å². The molecule has 0 bridgehead atoms. The van der Waals surface area contributed by atoms with E-state index in [1.165, 1.54) is 11.3 Å². The van der Waals surface area contributed by atoms with Crippen molar-refractivity contribution in [1.82, 2.24) is 4.98 Å². The molecular formula is C15H24N2O5S. The molecule has 7 nitrogen and oxygen atoms in total. The number of ether oxygens (including phenoxy) is 3. The fourth-order valence-corrected chi connectivity index (χ4v) is 2.32. The van der Waals surface area contributed by atoms with Crippen LogP contribution in [0.1, 0.15) is 32.4 Å². The summed E-state index contributed by atoms with van der Waals surface area (Å²) in [6.45, 7) is 5.71. The van der Waals surface area contributed by atoms with Crippen LogP contribution in [0, 0.1) is 0 Å². The maximum absolute atomic E-state index is 11.7. The molecule has 0 aliphatic heterocycles. The van der Waals surface area contributed by atoms with Crippen LogP contribution in [0.15, 0.2) is 5.38 Å². The lowest BCUT2D eigenvalue weighted by molar-refractivity contribution is -0.142. The Labute approximate surface area is 140 Å². The van der Waals surface area contributed by atoms with Crippen molar-refractivity contribution in [3.8, 4) is 0 Å². The number of anilines is 1. The van der Waals surface area contributed by atoms with Crippen LogP contribution in [0.3, 0.4) is 0 Å². The molecule has 1 N–H and O–H groups in total. The molecule has 23 heavy (non-hydrogen) atoms. The van der Waals surface area contributed by atoms with Crippen molar-refractivity contribution in [3.05, 3.63) is 11.1 Å². The number of amides is 1. The highest BCUT2D eigenvalue weighted by Crippen LogP contribution is 2.15. The number of esters is 1. The molecule has 0 aliphatic rings. The van der Waals surface area contributed by atoms with Gasteiger partial charge in [-0.3, -0.25) is 14.9 Å². The van der Waals surface area contributed by atoms with E-state index in [-0.39, 0.29) is 24.9 Å². The minimum absolute atomic E-state index is 0.0517. The lowest BCUT2D eigenvalue weighted by Crippen LogP contribution is -2.19. The molecule has 0 saturated carbocycles. The van der Waals surface area contributed by atoms with Gasteiger partial charge in [-0.2, -0.15) is 0 Å². The van der Waals surface area contributed by atoms with Crippen molar-refractivity contribution in [3.63, 3.8) is 0 Å². The maximum Gasteiger partial charge on any atom is 0.311 e. The van der Waals surface area contributed by atoms with E-state index in [4.69, 9.17) is 14.2 Å². The molecule has 0 aromatic carbocycles. The summed E-state index contributed by atoms with van der Waals surface area (Å²) in [4.78, 5) is 27.2. The van der Waals surface area contributed by atoms with Crippen molar-refractivity contribution in [2.45, 2.75) is 33.1 Å². The summed E-state index contributed by atoms with van der Waals surface area (Å²) in [5.41, 5.74) is 0.578. The zero-order chi connectivity index (χ0) is 16.9. The van der Waals surface area contributed by atoms with E-state index in [2.05, 4.69) is 17.2 Å². The third kappa shape index (κ3) is 9.27. The van der Waals surface area contributed by atoms with Gasteiger partial charge < -0.3 is 14.2 Å². The molecule has 1 amide bonds. The van der Waals surface area contributed by atoms with Crippen LogP contribution in [-0.2, 0) is 30.2 Å². The summed E-state index contributed by atoms with van der Waals surface area (Å²) < 4.78 is 15.4. The number of unbranched alkanes of at least 4 members (excludes halogenated alkanes) is 1. The van der Waals surface area contributed by atoms with E-state index in [9.17, 15) is 9.59 Å². The van der Waals surface area contributed by atoms with Crippen molar-refractivity contribution >= 4 is 28.3 Å². The zero-order valence-corrected chi connectivity index (χ0v) is 14.4. The monoisotopic (exact) mass is 344 g/mol. The number of nitrogens with one attached hydrogen (secondary N) is 1. The first kappa shape index (κ1) is 19.5. The van der Waals surface area contributed by atoms with Gasteiger partial charge in [0.2, 0.25) is 0 Å². The first-order valence-electron chi connectivity index (χ1n) is 7.71. The van der Waals surface area contributed by atoms with Gasteiger partial charge in [-0.1, -0.05) is 13.3 Å². The van der Waals surface area contributed by atoms with Crippen LogP contribution >= 0.6 is 11.3 Å². The molecule has 1 heterocycles. The number of carbonyl (C=O) groups excluding carboxylic acids is 2. The Morgan fingerprint density at radius 3 is 2.74 bits per heavy atom. The smallest absolute Gasteiger partial charge is 0.311 e. The molecule has 0 saturated heterocycles. The summed E-state index contributed by atoms with van der Waals surface area (Å²) in [6.07, 6.45) is 2.22. The minimum atomic E-state index is -0.331. The van der Waals surface area contributed by atoms with Crippen molar-refractivity contribution in [1.29, 1.82) is 0 Å². The number of rotatable bonds is 12. The normalized spacial score (nSPS) is 10.5. The predicted octanol–water partition coefficient (Wildman–Crippen LogP) is 2.02. The average Bonchev–Trinajstić information content (AvgIpc) is 2.93. The zero-order valence-electron chi connectivity index (χ0n) is 13.6. The van der Waals surface area contributed by atoms with Gasteiger partial charge in [0.25, 0.3) is 5.91 Å². The Morgan fingerprint density at radius 1 is 1.22 bits per heavy atom. The molecule has 1 aromatic rings. The van der Waals surface area contributed by atoms with Crippen LogP contribution in [0.4, 0.5) is 5.13 Å². The topological polar surface area (TPSA) is 86.8 Å². The average molecular weight is 344 g/mol. The van der Waals surface area contributed by atoms with Crippen molar-refractivity contribution < 1.29 is 23.8 Å². The molecule has 1 aromatic heterocycles. The molecular weight excluding hydrogens is 320 g/mol. The lowest BCUT2D eigenvalue weighted by Gasteiger charge is -2.05. The second-order valence-electron chi connectivity index (χ2n) is 4.69. The Hall–Kier alpha value is -1.51. The Balaban J connectivity index is 2.17. The molecule has 0 atom stereocenters. The highest BCUT2D eigenvalue weighted by atomic mass is 32.1. The molecule has 8 heteroatoms. The van der Waals surface area contributed by atoms with Crippen LogP contribution in [0.2, 0.25) is 0 Å². The molecule has 0 fully saturated rings. The summed E-state index contributed by atoms with van der Waals surface area (Å²) in [5, 5.41) is 4.79. The third-order valence-electron chi connectivity index (χ3n) is 2.68. The first-order valence-corrected chi connectivity index (χ1v) is 8.59. The highest BCUT2D eigenvalue weighted by Gasteiger charge is 2.10. The van der Waals surface area contributed by atoms with E-state index in [1.807, 2.05) is 0 Å². The van der Waals surface area contributed by atoms with Crippen molar-refractivity contribution in [2.75, 3.05) is 38.4 Å². The molecule has 0 spiro atoms. The third-order valence-corrected chi connectivity index (χ3v) is 3.48. The van der Waals surface area contributed by atoms with E-state index in [0.717, 1.165) is 12.8 Å². The second-order valence-corrected chi connectivity index (χ2v) is 5.55. The summed E-state index contributed by atoms with van der Waals surface area (Å²) in [7, 11) is 0. The summed E-state index contributed by atoms with van der Waals surface area (Å²) in [6, 6.07) is 0. The molecule has 130 valence electrons. The molecule has 1 rings (SSSR count). The van der Waals surface area contributed by atoms with Gasteiger partial charge in [0, 0.05) is 12.0 Å². The van der Waals surface area contributed by atoms with Gasteiger partial charge in [-0.25, -0.2) is 4.98 Å². The van der Waals surface area contributed by atoms with Gasteiger partial charge in [0.05, 0.1) is 31.9 Å². The van der Waals surface area contributed by atoms with E-state index >= 15 is 0 Å². The number of thiazole rings is 1. The summed E-state index contributed by atoms with van der Waals surface area (Å²) >= 11 is 1.26.